The summed E-state index contributed by atoms with van der Waals surface area (Å²) in [5.41, 5.74) is 2.14. The number of hydrogen-bond acceptors (Lipinski definition) is 5. The topological polar surface area (TPSA) is 77.2 Å². The summed E-state index contributed by atoms with van der Waals surface area (Å²) in [5.74, 6) is 0.766. The largest absolute Gasteiger partial charge is 0.493 e. The number of carboxylic acids is 1. The maximum absolute atomic E-state index is 10.6. The Morgan fingerprint density at radius 2 is 2.35 bits per heavy atom. The van der Waals surface area contributed by atoms with E-state index in [4.69, 9.17) is 9.84 Å². The third kappa shape index (κ3) is 2.36. The van der Waals surface area contributed by atoms with Crippen LogP contribution in [-0.2, 0) is 18.3 Å². The van der Waals surface area contributed by atoms with Gasteiger partial charge in [-0.1, -0.05) is 11.8 Å². The van der Waals surface area contributed by atoms with Crippen molar-refractivity contribution >= 4 is 17.7 Å². The summed E-state index contributed by atoms with van der Waals surface area (Å²) >= 11 is 1.16. The number of carbonyl (C=O) groups is 1. The number of rotatable bonds is 4. The fourth-order valence-corrected chi connectivity index (χ4v) is 2.78. The normalized spacial score (nSPS) is 13.1. The molecule has 1 N–H and O–H groups in total. The first kappa shape index (κ1) is 13.0. The summed E-state index contributed by atoms with van der Waals surface area (Å²) in [4.78, 5) is 10.6. The van der Waals surface area contributed by atoms with Crippen molar-refractivity contribution in [2.45, 2.75) is 11.6 Å². The zero-order chi connectivity index (χ0) is 14.1. The van der Waals surface area contributed by atoms with Crippen molar-refractivity contribution < 1.29 is 14.6 Å². The van der Waals surface area contributed by atoms with Crippen LogP contribution in [0.25, 0.3) is 11.4 Å². The Morgan fingerprint density at radius 1 is 1.50 bits per heavy atom. The highest BCUT2D eigenvalue weighted by atomic mass is 32.2. The quantitative estimate of drug-likeness (QED) is 0.862. The Kier molecular flexibility index (Phi) is 3.35. The van der Waals surface area contributed by atoms with Crippen molar-refractivity contribution in [1.29, 1.82) is 0 Å². The van der Waals surface area contributed by atoms with E-state index >= 15 is 0 Å². The molecule has 0 aliphatic carbocycles. The van der Waals surface area contributed by atoms with Crippen LogP contribution in [-0.4, -0.2) is 38.2 Å². The van der Waals surface area contributed by atoms with E-state index in [2.05, 4.69) is 16.3 Å². The van der Waals surface area contributed by atoms with Crippen LogP contribution in [0.2, 0.25) is 0 Å². The Balaban J connectivity index is 1.89. The molecule has 1 aliphatic heterocycles. The van der Waals surface area contributed by atoms with Gasteiger partial charge in [0.15, 0.2) is 11.0 Å². The smallest absolute Gasteiger partial charge is 0.313 e. The fraction of sp³-hybridized carbons (Fsp3) is 0.308. The minimum atomic E-state index is -0.866. The van der Waals surface area contributed by atoms with E-state index < -0.39 is 5.97 Å². The molecular formula is C13H13N3O3S. The Labute approximate surface area is 119 Å². The molecule has 2 aromatic rings. The zero-order valence-electron chi connectivity index (χ0n) is 10.9. The van der Waals surface area contributed by atoms with Gasteiger partial charge >= 0.3 is 5.97 Å². The predicted molar refractivity (Wildman–Crippen MR) is 74.0 cm³/mol. The van der Waals surface area contributed by atoms with E-state index in [1.165, 1.54) is 5.56 Å². The second-order valence-electron chi connectivity index (χ2n) is 4.47. The third-order valence-corrected chi connectivity index (χ3v) is 4.11. The molecular weight excluding hydrogens is 278 g/mol. The second-order valence-corrected chi connectivity index (χ2v) is 5.41. The molecule has 2 heterocycles. The molecule has 0 saturated carbocycles. The van der Waals surface area contributed by atoms with Crippen LogP contribution < -0.4 is 4.74 Å². The standard InChI is InChI=1S/C13H13N3O3S/c1-16-12(14-15-13(16)20-7-11(17)18)9-2-3-10-8(6-9)4-5-19-10/h2-3,6H,4-5,7H2,1H3,(H,17,18). The van der Waals surface area contributed by atoms with Crippen LogP contribution in [0.15, 0.2) is 23.4 Å². The summed E-state index contributed by atoms with van der Waals surface area (Å²) in [6.45, 7) is 0.720. The van der Waals surface area contributed by atoms with Gasteiger partial charge in [0.05, 0.1) is 12.4 Å². The van der Waals surface area contributed by atoms with Crippen LogP contribution >= 0.6 is 11.8 Å². The molecule has 104 valence electrons. The molecule has 6 nitrogen and oxygen atoms in total. The molecule has 0 bridgehead atoms. The van der Waals surface area contributed by atoms with E-state index in [-0.39, 0.29) is 5.75 Å². The van der Waals surface area contributed by atoms with Crippen molar-refractivity contribution in [2.75, 3.05) is 12.4 Å². The molecule has 0 atom stereocenters. The van der Waals surface area contributed by atoms with Crippen molar-refractivity contribution in [3.05, 3.63) is 23.8 Å². The van der Waals surface area contributed by atoms with Gasteiger partial charge in [-0.2, -0.15) is 0 Å². The number of thioether (sulfide) groups is 1. The highest BCUT2D eigenvalue weighted by Crippen LogP contribution is 2.30. The molecule has 1 aliphatic rings. The summed E-state index contributed by atoms with van der Waals surface area (Å²) in [7, 11) is 1.84. The maximum atomic E-state index is 10.6. The van der Waals surface area contributed by atoms with Crippen LogP contribution in [0.1, 0.15) is 5.56 Å². The number of benzene rings is 1. The third-order valence-electron chi connectivity index (χ3n) is 3.11. The van der Waals surface area contributed by atoms with Gasteiger partial charge in [0.2, 0.25) is 0 Å². The highest BCUT2D eigenvalue weighted by molar-refractivity contribution is 7.99. The van der Waals surface area contributed by atoms with Gasteiger partial charge in [0.25, 0.3) is 0 Å². The first-order chi connectivity index (χ1) is 9.65. The minimum Gasteiger partial charge on any atom is -0.493 e. The summed E-state index contributed by atoms with van der Waals surface area (Å²) in [6, 6.07) is 5.94. The molecule has 0 unspecified atom stereocenters. The van der Waals surface area contributed by atoms with Gasteiger partial charge in [-0.15, -0.1) is 10.2 Å². The van der Waals surface area contributed by atoms with Gasteiger partial charge in [0, 0.05) is 19.0 Å². The molecule has 0 spiro atoms. The SMILES string of the molecule is Cn1c(SCC(=O)O)nnc1-c1ccc2c(c1)CCO2. The molecule has 0 fully saturated rings. The lowest BCUT2D eigenvalue weighted by molar-refractivity contribution is -0.133. The van der Waals surface area contributed by atoms with Gasteiger partial charge in [-0.3, -0.25) is 4.79 Å². The Hall–Kier alpha value is -2.02. The maximum Gasteiger partial charge on any atom is 0.313 e. The van der Waals surface area contributed by atoms with Gasteiger partial charge in [0.1, 0.15) is 5.75 Å². The van der Waals surface area contributed by atoms with E-state index in [1.807, 2.05) is 23.7 Å². The lowest BCUT2D eigenvalue weighted by atomic mass is 10.1. The predicted octanol–water partition coefficient (Wildman–Crippen LogP) is 1.59. The lowest BCUT2D eigenvalue weighted by Gasteiger charge is -2.05. The first-order valence-corrected chi connectivity index (χ1v) is 7.14. The number of nitrogens with zero attached hydrogens (tertiary/aromatic N) is 3. The average Bonchev–Trinajstić information content (AvgIpc) is 3.02. The molecule has 1 aromatic carbocycles. The van der Waals surface area contributed by atoms with Gasteiger partial charge < -0.3 is 14.4 Å². The van der Waals surface area contributed by atoms with Crippen LogP contribution in [0.3, 0.4) is 0 Å². The van der Waals surface area contributed by atoms with E-state index in [0.29, 0.717) is 5.16 Å². The van der Waals surface area contributed by atoms with Crippen LogP contribution in [0.4, 0.5) is 0 Å². The zero-order valence-corrected chi connectivity index (χ0v) is 11.7. The van der Waals surface area contributed by atoms with E-state index in [0.717, 1.165) is 41.9 Å². The molecule has 20 heavy (non-hydrogen) atoms. The molecule has 7 heteroatoms. The Bertz CT molecular complexity index is 669. The van der Waals surface area contributed by atoms with Crippen molar-refractivity contribution in [1.82, 2.24) is 14.8 Å². The summed E-state index contributed by atoms with van der Waals surface area (Å²) in [6.07, 6.45) is 0.904. The monoisotopic (exact) mass is 291 g/mol. The van der Waals surface area contributed by atoms with Gasteiger partial charge in [-0.25, -0.2) is 0 Å². The number of aromatic nitrogens is 3. The van der Waals surface area contributed by atoms with Crippen LogP contribution in [0, 0.1) is 0 Å². The van der Waals surface area contributed by atoms with Gasteiger partial charge in [-0.05, 0) is 23.8 Å². The van der Waals surface area contributed by atoms with Crippen LogP contribution in [0.5, 0.6) is 5.75 Å². The van der Waals surface area contributed by atoms with Crippen molar-refractivity contribution in [3.63, 3.8) is 0 Å². The number of fused-ring (bicyclic) bond motifs is 1. The van der Waals surface area contributed by atoms with Crippen molar-refractivity contribution in [3.8, 4) is 17.1 Å². The Morgan fingerprint density at radius 3 is 3.15 bits per heavy atom. The molecule has 0 amide bonds. The first-order valence-electron chi connectivity index (χ1n) is 6.15. The number of aliphatic carboxylic acids is 1. The van der Waals surface area contributed by atoms with E-state index in [1.54, 1.807) is 0 Å². The number of hydrogen-bond donors (Lipinski definition) is 1. The highest BCUT2D eigenvalue weighted by Gasteiger charge is 2.16. The van der Waals surface area contributed by atoms with E-state index in [9.17, 15) is 4.79 Å². The average molecular weight is 291 g/mol. The minimum absolute atomic E-state index is 0.0238. The molecule has 0 radical (unpaired) electrons. The lowest BCUT2D eigenvalue weighted by Crippen LogP contribution is -2.01. The second kappa shape index (κ2) is 5.16. The summed E-state index contributed by atoms with van der Waals surface area (Å²) in [5, 5.41) is 17.5. The number of carboxylic acid groups (broad SMARTS) is 1. The fourth-order valence-electron chi connectivity index (χ4n) is 2.14. The number of ether oxygens (including phenoxy) is 1. The molecule has 0 saturated heterocycles. The molecule has 1 aromatic heterocycles. The summed E-state index contributed by atoms with van der Waals surface area (Å²) < 4.78 is 7.29. The van der Waals surface area contributed by atoms with Crippen molar-refractivity contribution in [2.24, 2.45) is 7.05 Å². The molecule has 3 rings (SSSR count).